The van der Waals surface area contributed by atoms with Crippen molar-refractivity contribution in [2.24, 2.45) is 0 Å². The van der Waals surface area contributed by atoms with Crippen LogP contribution in [0.1, 0.15) is 29.8 Å². The Labute approximate surface area is 118 Å². The van der Waals surface area contributed by atoms with Gasteiger partial charge in [0.25, 0.3) is 0 Å². The van der Waals surface area contributed by atoms with Gasteiger partial charge in [-0.3, -0.25) is 0 Å². The Balaban J connectivity index is 1.90. The van der Waals surface area contributed by atoms with Gasteiger partial charge in [-0.2, -0.15) is 5.10 Å². The van der Waals surface area contributed by atoms with Crippen LogP contribution in [0.25, 0.3) is 5.52 Å². The van der Waals surface area contributed by atoms with Crippen LogP contribution in [0.3, 0.4) is 0 Å². The Morgan fingerprint density at radius 1 is 1.15 bits per heavy atom. The van der Waals surface area contributed by atoms with Crippen LogP contribution in [-0.2, 0) is 0 Å². The predicted octanol–water partition coefficient (Wildman–Crippen LogP) is 3.52. The van der Waals surface area contributed by atoms with Gasteiger partial charge in [-0.05, 0) is 32.4 Å². The predicted molar refractivity (Wildman–Crippen MR) is 80.9 cm³/mol. The summed E-state index contributed by atoms with van der Waals surface area (Å²) in [6, 6.07) is 10.8. The van der Waals surface area contributed by atoms with Crippen LogP contribution in [0.5, 0.6) is 0 Å². The highest BCUT2D eigenvalue weighted by molar-refractivity contribution is 5.68. The molecule has 3 rings (SSSR count). The molecule has 20 heavy (non-hydrogen) atoms. The van der Waals surface area contributed by atoms with E-state index in [0.29, 0.717) is 0 Å². The SMILES string of the molecule is Cc1ccc(C(C)Nc2nccn3nc(C)cc23)cc1. The number of nitrogens with one attached hydrogen (secondary N) is 1. The zero-order valence-corrected chi connectivity index (χ0v) is 12.0. The molecule has 1 N–H and O–H groups in total. The number of nitrogens with zero attached hydrogens (tertiary/aromatic N) is 3. The van der Waals surface area contributed by atoms with Crippen molar-refractivity contribution < 1.29 is 0 Å². The minimum absolute atomic E-state index is 0.199. The molecule has 1 unspecified atom stereocenters. The molecule has 4 nitrogen and oxygen atoms in total. The molecule has 102 valence electrons. The molecule has 0 saturated heterocycles. The lowest BCUT2D eigenvalue weighted by molar-refractivity contribution is 0.864. The molecule has 4 heteroatoms. The summed E-state index contributed by atoms with van der Waals surface area (Å²) in [6.45, 7) is 6.22. The van der Waals surface area contributed by atoms with Gasteiger partial charge in [-0.15, -0.1) is 0 Å². The number of aryl methyl sites for hydroxylation is 2. The first-order valence-electron chi connectivity index (χ1n) is 6.77. The maximum Gasteiger partial charge on any atom is 0.152 e. The Morgan fingerprint density at radius 3 is 2.65 bits per heavy atom. The van der Waals surface area contributed by atoms with Gasteiger partial charge < -0.3 is 5.32 Å². The molecule has 0 bridgehead atoms. The van der Waals surface area contributed by atoms with Crippen molar-refractivity contribution >= 4 is 11.3 Å². The first-order chi connectivity index (χ1) is 9.63. The molecule has 0 aliphatic rings. The van der Waals surface area contributed by atoms with Crippen molar-refractivity contribution in [3.63, 3.8) is 0 Å². The fraction of sp³-hybridized carbons (Fsp3) is 0.250. The van der Waals surface area contributed by atoms with Crippen molar-refractivity contribution in [1.29, 1.82) is 0 Å². The lowest BCUT2D eigenvalue weighted by Gasteiger charge is -2.15. The zero-order chi connectivity index (χ0) is 14.1. The molecule has 0 aliphatic carbocycles. The highest BCUT2D eigenvalue weighted by Crippen LogP contribution is 2.21. The summed E-state index contributed by atoms with van der Waals surface area (Å²) in [4.78, 5) is 4.43. The third kappa shape index (κ3) is 2.37. The van der Waals surface area contributed by atoms with Crippen molar-refractivity contribution in [1.82, 2.24) is 14.6 Å². The molecular weight excluding hydrogens is 248 g/mol. The van der Waals surface area contributed by atoms with Crippen molar-refractivity contribution in [2.75, 3.05) is 5.32 Å². The van der Waals surface area contributed by atoms with E-state index >= 15 is 0 Å². The zero-order valence-electron chi connectivity index (χ0n) is 12.0. The monoisotopic (exact) mass is 266 g/mol. The Hall–Kier alpha value is -2.36. The maximum absolute atomic E-state index is 4.43. The van der Waals surface area contributed by atoms with Gasteiger partial charge >= 0.3 is 0 Å². The van der Waals surface area contributed by atoms with E-state index < -0.39 is 0 Å². The van der Waals surface area contributed by atoms with Crippen molar-refractivity contribution in [3.8, 4) is 0 Å². The van der Waals surface area contributed by atoms with Crippen LogP contribution >= 0.6 is 0 Å². The van der Waals surface area contributed by atoms with Crippen LogP contribution in [0.2, 0.25) is 0 Å². The summed E-state index contributed by atoms with van der Waals surface area (Å²) in [7, 11) is 0. The summed E-state index contributed by atoms with van der Waals surface area (Å²) < 4.78 is 1.85. The second kappa shape index (κ2) is 4.96. The van der Waals surface area contributed by atoms with Crippen molar-refractivity contribution in [2.45, 2.75) is 26.8 Å². The summed E-state index contributed by atoms with van der Waals surface area (Å²) >= 11 is 0. The number of anilines is 1. The van der Waals surface area contributed by atoms with Crippen molar-refractivity contribution in [3.05, 3.63) is 59.5 Å². The van der Waals surface area contributed by atoms with Crippen LogP contribution in [0, 0.1) is 13.8 Å². The molecule has 1 atom stereocenters. The summed E-state index contributed by atoms with van der Waals surface area (Å²) in [5.41, 5.74) is 4.51. The normalized spacial score (nSPS) is 12.6. The maximum atomic E-state index is 4.43. The second-order valence-corrected chi connectivity index (χ2v) is 5.17. The lowest BCUT2D eigenvalue weighted by atomic mass is 10.1. The van der Waals surface area contributed by atoms with Crippen LogP contribution in [-0.4, -0.2) is 14.6 Å². The van der Waals surface area contributed by atoms with Gasteiger partial charge in [0.2, 0.25) is 0 Å². The molecule has 3 aromatic rings. The first-order valence-corrected chi connectivity index (χ1v) is 6.77. The quantitative estimate of drug-likeness (QED) is 0.788. The molecular formula is C16H18N4. The molecule has 0 amide bonds. The number of hydrogen-bond donors (Lipinski definition) is 1. The van der Waals surface area contributed by atoms with Gasteiger partial charge in [0, 0.05) is 12.4 Å². The van der Waals surface area contributed by atoms with Gasteiger partial charge in [-0.1, -0.05) is 29.8 Å². The number of hydrogen-bond acceptors (Lipinski definition) is 3. The van der Waals surface area contributed by atoms with Gasteiger partial charge in [0.15, 0.2) is 5.82 Å². The Kier molecular flexibility index (Phi) is 3.14. The Bertz CT molecular complexity index is 728. The third-order valence-corrected chi connectivity index (χ3v) is 3.44. The molecule has 0 aliphatic heterocycles. The van der Waals surface area contributed by atoms with E-state index in [1.54, 1.807) is 6.20 Å². The van der Waals surface area contributed by atoms with E-state index in [0.717, 1.165) is 17.0 Å². The fourth-order valence-electron chi connectivity index (χ4n) is 2.30. The average molecular weight is 266 g/mol. The van der Waals surface area contributed by atoms with Gasteiger partial charge in [-0.25, -0.2) is 9.50 Å². The lowest BCUT2D eigenvalue weighted by Crippen LogP contribution is -2.09. The molecule has 1 aromatic carbocycles. The van der Waals surface area contributed by atoms with E-state index in [4.69, 9.17) is 0 Å². The smallest absolute Gasteiger partial charge is 0.152 e. The number of aromatic nitrogens is 3. The summed E-state index contributed by atoms with van der Waals surface area (Å²) in [5.74, 6) is 0.862. The minimum atomic E-state index is 0.199. The van der Waals surface area contributed by atoms with E-state index in [1.807, 2.05) is 23.7 Å². The first kappa shape index (κ1) is 12.7. The van der Waals surface area contributed by atoms with Crippen LogP contribution in [0.15, 0.2) is 42.7 Å². The summed E-state index contributed by atoms with van der Waals surface area (Å²) in [5, 5.41) is 7.86. The average Bonchev–Trinajstić information content (AvgIpc) is 2.81. The summed E-state index contributed by atoms with van der Waals surface area (Å²) in [6.07, 6.45) is 3.63. The van der Waals surface area contributed by atoms with Gasteiger partial charge in [0.1, 0.15) is 5.52 Å². The number of fused-ring (bicyclic) bond motifs is 1. The van der Waals surface area contributed by atoms with E-state index in [1.165, 1.54) is 11.1 Å². The number of rotatable bonds is 3. The van der Waals surface area contributed by atoms with E-state index in [9.17, 15) is 0 Å². The third-order valence-electron chi connectivity index (χ3n) is 3.44. The molecule has 0 radical (unpaired) electrons. The standard InChI is InChI=1S/C16H18N4/c1-11-4-6-14(7-5-11)13(3)18-16-15-10-12(2)19-20(15)9-8-17-16/h4-10,13H,1-3H3,(H,17,18). The highest BCUT2D eigenvalue weighted by atomic mass is 15.2. The molecule has 0 spiro atoms. The Morgan fingerprint density at radius 2 is 1.90 bits per heavy atom. The van der Waals surface area contributed by atoms with E-state index in [-0.39, 0.29) is 6.04 Å². The number of benzene rings is 1. The minimum Gasteiger partial charge on any atom is -0.362 e. The fourth-order valence-corrected chi connectivity index (χ4v) is 2.30. The molecule has 0 saturated carbocycles. The van der Waals surface area contributed by atoms with Crippen LogP contribution in [0.4, 0.5) is 5.82 Å². The molecule has 2 heterocycles. The highest BCUT2D eigenvalue weighted by Gasteiger charge is 2.10. The van der Waals surface area contributed by atoms with Gasteiger partial charge in [0.05, 0.1) is 11.7 Å². The van der Waals surface area contributed by atoms with Crippen LogP contribution < -0.4 is 5.32 Å². The molecule has 0 fully saturated rings. The second-order valence-electron chi connectivity index (χ2n) is 5.17. The topological polar surface area (TPSA) is 42.2 Å². The van der Waals surface area contributed by atoms with E-state index in [2.05, 4.69) is 53.5 Å². The largest absolute Gasteiger partial charge is 0.362 e. The molecule has 2 aromatic heterocycles.